The molecule has 1 rings (SSSR count). The lowest BCUT2D eigenvalue weighted by Crippen LogP contribution is -2.35. The fourth-order valence-electron chi connectivity index (χ4n) is 1.36. The van der Waals surface area contributed by atoms with Gasteiger partial charge in [0.05, 0.1) is 12.4 Å². The van der Waals surface area contributed by atoms with Crippen molar-refractivity contribution in [3.8, 4) is 5.75 Å². The highest BCUT2D eigenvalue weighted by molar-refractivity contribution is 6.74. The number of alkyl halides is 3. The second-order valence-corrected chi connectivity index (χ2v) is 3.82. The molecule has 0 unspecified atom stereocenters. The van der Waals surface area contributed by atoms with Crippen LogP contribution in [-0.2, 0) is 0 Å². The zero-order valence-electron chi connectivity index (χ0n) is 9.48. The average molecular weight is 289 g/mol. The molecule has 0 atom stereocenters. The van der Waals surface area contributed by atoms with Crippen LogP contribution in [-0.4, -0.2) is 19.8 Å². The van der Waals surface area contributed by atoms with E-state index >= 15 is 0 Å². The summed E-state index contributed by atoms with van der Waals surface area (Å²) in [6, 6.07) is 1.64. The fraction of sp³-hybridized carbons (Fsp3) is 0.400. The topological polar surface area (TPSA) is 9.23 Å². The first-order valence-corrected chi connectivity index (χ1v) is 5.28. The van der Waals surface area contributed by atoms with Crippen molar-refractivity contribution in [1.82, 2.24) is 0 Å². The van der Waals surface area contributed by atoms with Crippen LogP contribution in [0.5, 0.6) is 5.75 Å². The summed E-state index contributed by atoms with van der Waals surface area (Å²) in [6.07, 6.45) is -6.07. The first-order chi connectivity index (χ1) is 8.59. The van der Waals surface area contributed by atoms with Crippen LogP contribution < -0.4 is 10.2 Å². The Morgan fingerprint density at radius 2 is 1.74 bits per heavy atom. The molecule has 0 fully saturated rings. The summed E-state index contributed by atoms with van der Waals surface area (Å²) >= 11 is 0. The SMILES string of the molecule is Fc1ccc([B-](F)(F)F)c(OCCCC(F)(F)F)c1. The van der Waals surface area contributed by atoms with E-state index in [1.165, 1.54) is 0 Å². The summed E-state index contributed by atoms with van der Waals surface area (Å²) in [7, 11) is 0. The van der Waals surface area contributed by atoms with E-state index in [1.54, 1.807) is 0 Å². The normalized spacial score (nSPS) is 12.6. The van der Waals surface area contributed by atoms with Gasteiger partial charge in [-0.3, -0.25) is 0 Å². The van der Waals surface area contributed by atoms with Gasteiger partial charge in [-0.25, -0.2) is 4.39 Å². The van der Waals surface area contributed by atoms with Gasteiger partial charge in [0, 0.05) is 12.5 Å². The van der Waals surface area contributed by atoms with Crippen LogP contribution in [0.4, 0.5) is 30.5 Å². The van der Waals surface area contributed by atoms with Crippen molar-refractivity contribution >= 4 is 12.4 Å². The van der Waals surface area contributed by atoms with Gasteiger partial charge in [-0.05, 0) is 12.5 Å². The largest absolute Gasteiger partial charge is 0.513 e. The third-order valence-electron chi connectivity index (χ3n) is 2.19. The molecule has 19 heavy (non-hydrogen) atoms. The minimum Gasteiger partial charge on any atom is -0.496 e. The maximum absolute atomic E-state index is 12.8. The van der Waals surface area contributed by atoms with Crippen LogP contribution in [0.15, 0.2) is 18.2 Å². The molecule has 1 aromatic carbocycles. The maximum atomic E-state index is 12.8. The highest BCUT2D eigenvalue weighted by Gasteiger charge is 2.30. The monoisotopic (exact) mass is 289 g/mol. The van der Waals surface area contributed by atoms with E-state index < -0.39 is 49.6 Å². The van der Waals surface area contributed by atoms with Crippen LogP contribution >= 0.6 is 0 Å². The van der Waals surface area contributed by atoms with Crippen molar-refractivity contribution in [3.63, 3.8) is 0 Å². The van der Waals surface area contributed by atoms with E-state index in [1.807, 2.05) is 0 Å². The molecular weight excluding hydrogens is 280 g/mol. The van der Waals surface area contributed by atoms with Crippen molar-refractivity contribution < 1.29 is 35.2 Å². The number of rotatable bonds is 5. The predicted octanol–water partition coefficient (Wildman–Crippen LogP) is 3.60. The molecule has 0 spiro atoms. The lowest BCUT2D eigenvalue weighted by molar-refractivity contribution is -0.136. The molecule has 0 bridgehead atoms. The summed E-state index contributed by atoms with van der Waals surface area (Å²) in [5.41, 5.74) is -1.16. The van der Waals surface area contributed by atoms with Gasteiger partial charge in [0.1, 0.15) is 5.82 Å². The van der Waals surface area contributed by atoms with Gasteiger partial charge in [-0.2, -0.15) is 13.2 Å². The second kappa shape index (κ2) is 5.71. The average Bonchev–Trinajstić information content (AvgIpc) is 2.21. The third kappa shape index (κ3) is 5.40. The summed E-state index contributed by atoms with van der Waals surface area (Å²) in [5.74, 6) is -1.73. The maximum Gasteiger partial charge on any atom is 0.513 e. The highest BCUT2D eigenvalue weighted by atomic mass is 19.4. The van der Waals surface area contributed by atoms with E-state index in [4.69, 9.17) is 0 Å². The van der Waals surface area contributed by atoms with Crippen molar-refractivity contribution in [2.24, 2.45) is 0 Å². The molecule has 0 aliphatic carbocycles. The van der Waals surface area contributed by atoms with E-state index in [0.29, 0.717) is 18.2 Å². The van der Waals surface area contributed by atoms with E-state index in [2.05, 4.69) is 4.74 Å². The van der Waals surface area contributed by atoms with Gasteiger partial charge in [0.25, 0.3) is 0 Å². The molecule has 0 saturated carbocycles. The Balaban J connectivity index is 2.69. The third-order valence-corrected chi connectivity index (χ3v) is 2.19. The minimum absolute atomic E-state index is 0.496. The molecule has 1 aromatic rings. The molecule has 0 N–H and O–H groups in total. The summed E-state index contributed by atoms with van der Waals surface area (Å²) in [4.78, 5) is 0. The van der Waals surface area contributed by atoms with Crippen LogP contribution in [0.1, 0.15) is 12.8 Å². The van der Waals surface area contributed by atoms with Gasteiger partial charge >= 0.3 is 13.2 Å². The molecule has 0 amide bonds. The molecule has 9 heteroatoms. The molecule has 0 aromatic heterocycles. The zero-order valence-corrected chi connectivity index (χ0v) is 9.48. The Bertz CT molecular complexity index is 427. The van der Waals surface area contributed by atoms with E-state index in [-0.39, 0.29) is 0 Å². The Hall–Kier alpha value is -1.41. The highest BCUT2D eigenvalue weighted by Crippen LogP contribution is 2.22. The minimum atomic E-state index is -5.41. The fourth-order valence-corrected chi connectivity index (χ4v) is 1.36. The molecule has 108 valence electrons. The summed E-state index contributed by atoms with van der Waals surface area (Å²) < 4.78 is 90.5. The molecule has 0 aliphatic heterocycles. The van der Waals surface area contributed by atoms with Crippen LogP contribution in [0.25, 0.3) is 0 Å². The van der Waals surface area contributed by atoms with E-state index in [0.717, 1.165) is 0 Å². The molecule has 0 aliphatic rings. The number of ether oxygens (including phenoxy) is 1. The molecular formula is C10H9BF7O-. The Labute approximate surface area is 104 Å². The Kier molecular flexibility index (Phi) is 4.70. The quantitative estimate of drug-likeness (QED) is 0.457. The molecule has 1 nitrogen and oxygen atoms in total. The van der Waals surface area contributed by atoms with E-state index in [9.17, 15) is 30.5 Å². The van der Waals surface area contributed by atoms with Crippen molar-refractivity contribution in [1.29, 1.82) is 0 Å². The lowest BCUT2D eigenvalue weighted by Gasteiger charge is -2.20. The number of hydrogen-bond donors (Lipinski definition) is 0. The standard InChI is InChI=1S/C10H9BF7O/c12-7-2-3-8(11(16,17)18)9(6-7)19-5-1-4-10(13,14)15/h2-3,6H,1,4-5H2/q-1. The van der Waals surface area contributed by atoms with Gasteiger partial charge in [0.15, 0.2) is 0 Å². The number of benzene rings is 1. The Morgan fingerprint density at radius 3 is 2.26 bits per heavy atom. The predicted molar refractivity (Wildman–Crippen MR) is 55.9 cm³/mol. The lowest BCUT2D eigenvalue weighted by atomic mass is 9.79. The summed E-state index contributed by atoms with van der Waals surface area (Å²) in [5, 5.41) is 0. The zero-order chi connectivity index (χ0) is 14.7. The first kappa shape index (κ1) is 15.7. The van der Waals surface area contributed by atoms with Gasteiger partial charge < -0.3 is 17.7 Å². The first-order valence-electron chi connectivity index (χ1n) is 5.28. The second-order valence-electron chi connectivity index (χ2n) is 3.82. The number of halogens is 7. The van der Waals surface area contributed by atoms with Crippen LogP contribution in [0.3, 0.4) is 0 Å². The molecule has 0 saturated heterocycles. The van der Waals surface area contributed by atoms with Gasteiger partial charge in [0.2, 0.25) is 0 Å². The molecule has 0 radical (unpaired) electrons. The van der Waals surface area contributed by atoms with Gasteiger partial charge in [-0.1, -0.05) is 11.5 Å². The Morgan fingerprint density at radius 1 is 1.11 bits per heavy atom. The van der Waals surface area contributed by atoms with Crippen molar-refractivity contribution in [2.75, 3.05) is 6.61 Å². The molecule has 0 heterocycles. The van der Waals surface area contributed by atoms with Crippen molar-refractivity contribution in [3.05, 3.63) is 24.0 Å². The van der Waals surface area contributed by atoms with Gasteiger partial charge in [-0.15, -0.1) is 0 Å². The summed E-state index contributed by atoms with van der Waals surface area (Å²) in [6.45, 7) is -5.98. The van der Waals surface area contributed by atoms with Crippen LogP contribution in [0.2, 0.25) is 0 Å². The van der Waals surface area contributed by atoms with Crippen molar-refractivity contribution in [2.45, 2.75) is 19.0 Å². The van der Waals surface area contributed by atoms with Crippen LogP contribution in [0, 0.1) is 5.82 Å². The number of hydrogen-bond acceptors (Lipinski definition) is 1. The smallest absolute Gasteiger partial charge is 0.496 e.